The molecule has 1 aliphatic rings. The van der Waals surface area contributed by atoms with E-state index in [0.29, 0.717) is 31.7 Å². The number of nitrogens with zero attached hydrogens (tertiary/aromatic N) is 3. The summed E-state index contributed by atoms with van der Waals surface area (Å²) in [7, 11) is 0. The number of nitrogens with one attached hydrogen (secondary N) is 1. The molecule has 0 saturated carbocycles. The van der Waals surface area contributed by atoms with E-state index in [9.17, 15) is 9.59 Å². The molecular formula is C18H30N4O3. The zero-order valence-corrected chi connectivity index (χ0v) is 16.2. The maximum Gasteiger partial charge on any atom is 0.410 e. The van der Waals surface area contributed by atoms with Crippen LogP contribution in [0, 0.1) is 6.92 Å². The van der Waals surface area contributed by atoms with E-state index in [0.717, 1.165) is 17.8 Å². The Balaban J connectivity index is 2.07. The van der Waals surface area contributed by atoms with Crippen LogP contribution in [0.5, 0.6) is 0 Å². The molecule has 7 nitrogen and oxygen atoms in total. The maximum atomic E-state index is 13.0. The summed E-state index contributed by atoms with van der Waals surface area (Å²) >= 11 is 0. The number of rotatable bonds is 2. The van der Waals surface area contributed by atoms with Crippen molar-refractivity contribution in [3.8, 4) is 0 Å². The third-order valence-corrected chi connectivity index (χ3v) is 4.17. The molecule has 140 valence electrons. The van der Waals surface area contributed by atoms with Crippen LogP contribution in [-0.4, -0.2) is 63.8 Å². The Morgan fingerprint density at radius 1 is 1.12 bits per heavy atom. The second-order valence-electron chi connectivity index (χ2n) is 7.88. The van der Waals surface area contributed by atoms with Crippen LogP contribution in [0.25, 0.3) is 0 Å². The molecule has 0 aromatic carbocycles. The fourth-order valence-electron chi connectivity index (χ4n) is 2.92. The standard InChI is InChI=1S/C18H30N4O3/c1-12(2)15-14(13(3)19-20-15)16(23)21-8-7-9-22(11-10-21)17(24)25-18(4,5)6/h12H,7-11H2,1-6H3,(H,19,20). The monoisotopic (exact) mass is 350 g/mol. The lowest BCUT2D eigenvalue weighted by Crippen LogP contribution is -2.40. The maximum absolute atomic E-state index is 13.0. The largest absolute Gasteiger partial charge is 0.444 e. The molecule has 2 amide bonds. The Morgan fingerprint density at radius 2 is 1.72 bits per heavy atom. The number of aromatic nitrogens is 2. The summed E-state index contributed by atoms with van der Waals surface area (Å²) < 4.78 is 5.44. The van der Waals surface area contributed by atoms with Gasteiger partial charge in [-0.1, -0.05) is 13.8 Å². The molecule has 0 radical (unpaired) electrons. The highest BCUT2D eigenvalue weighted by Gasteiger charge is 2.29. The number of aromatic amines is 1. The second kappa shape index (κ2) is 7.45. The molecule has 25 heavy (non-hydrogen) atoms. The zero-order valence-electron chi connectivity index (χ0n) is 16.2. The van der Waals surface area contributed by atoms with E-state index in [2.05, 4.69) is 10.2 Å². The zero-order chi connectivity index (χ0) is 18.8. The van der Waals surface area contributed by atoms with Gasteiger partial charge in [-0.2, -0.15) is 5.10 Å². The fraction of sp³-hybridized carbons (Fsp3) is 0.722. The lowest BCUT2D eigenvalue weighted by molar-refractivity contribution is 0.0255. The molecule has 0 bridgehead atoms. The molecule has 2 heterocycles. The Bertz CT molecular complexity index is 631. The summed E-state index contributed by atoms with van der Waals surface area (Å²) in [4.78, 5) is 28.7. The Hall–Kier alpha value is -2.05. The smallest absolute Gasteiger partial charge is 0.410 e. The van der Waals surface area contributed by atoms with Crippen molar-refractivity contribution in [2.75, 3.05) is 26.2 Å². The quantitative estimate of drug-likeness (QED) is 0.889. The van der Waals surface area contributed by atoms with Gasteiger partial charge in [-0.25, -0.2) is 4.79 Å². The number of H-pyrrole nitrogens is 1. The molecule has 0 unspecified atom stereocenters. The molecule has 1 saturated heterocycles. The summed E-state index contributed by atoms with van der Waals surface area (Å²) in [5, 5.41) is 7.21. The molecule has 1 aliphatic heterocycles. The number of carbonyl (C=O) groups excluding carboxylic acids is 2. The fourth-order valence-corrected chi connectivity index (χ4v) is 2.92. The molecule has 1 fully saturated rings. The van der Waals surface area contributed by atoms with E-state index in [4.69, 9.17) is 4.74 Å². The van der Waals surface area contributed by atoms with Crippen LogP contribution >= 0.6 is 0 Å². The number of hydrogen-bond donors (Lipinski definition) is 1. The first-order valence-corrected chi connectivity index (χ1v) is 8.92. The van der Waals surface area contributed by atoms with Gasteiger partial charge in [-0.3, -0.25) is 9.89 Å². The van der Waals surface area contributed by atoms with Crippen molar-refractivity contribution in [3.05, 3.63) is 17.0 Å². The van der Waals surface area contributed by atoms with E-state index in [1.807, 2.05) is 46.4 Å². The van der Waals surface area contributed by atoms with E-state index in [-0.39, 0.29) is 17.9 Å². The third-order valence-electron chi connectivity index (χ3n) is 4.17. The SMILES string of the molecule is Cc1[nH]nc(C(C)C)c1C(=O)N1CCCN(C(=O)OC(C)(C)C)CC1. The van der Waals surface area contributed by atoms with Gasteiger partial charge >= 0.3 is 6.09 Å². The van der Waals surface area contributed by atoms with Crippen LogP contribution in [0.3, 0.4) is 0 Å². The van der Waals surface area contributed by atoms with Crippen LogP contribution in [0.4, 0.5) is 4.79 Å². The first-order chi connectivity index (χ1) is 11.6. The molecule has 0 spiro atoms. The van der Waals surface area contributed by atoms with E-state index in [1.54, 1.807) is 4.90 Å². The predicted molar refractivity (Wildman–Crippen MR) is 95.7 cm³/mol. The third kappa shape index (κ3) is 4.74. The van der Waals surface area contributed by atoms with Gasteiger partial charge < -0.3 is 14.5 Å². The minimum Gasteiger partial charge on any atom is -0.444 e. The summed E-state index contributed by atoms with van der Waals surface area (Å²) in [5.74, 6) is 0.162. The molecule has 2 rings (SSSR count). The lowest BCUT2D eigenvalue weighted by atomic mass is 10.0. The van der Waals surface area contributed by atoms with Crippen molar-refractivity contribution in [2.45, 2.75) is 59.5 Å². The normalized spacial score (nSPS) is 16.1. The second-order valence-corrected chi connectivity index (χ2v) is 7.88. The van der Waals surface area contributed by atoms with Crippen LogP contribution < -0.4 is 0 Å². The van der Waals surface area contributed by atoms with Gasteiger partial charge in [0.25, 0.3) is 5.91 Å². The molecule has 7 heteroatoms. The van der Waals surface area contributed by atoms with E-state index in [1.165, 1.54) is 0 Å². The van der Waals surface area contributed by atoms with Crippen molar-refractivity contribution < 1.29 is 14.3 Å². The highest BCUT2D eigenvalue weighted by atomic mass is 16.6. The minimum atomic E-state index is -0.515. The van der Waals surface area contributed by atoms with Gasteiger partial charge in [-0.05, 0) is 40.0 Å². The molecule has 0 aliphatic carbocycles. The van der Waals surface area contributed by atoms with Gasteiger partial charge in [-0.15, -0.1) is 0 Å². The van der Waals surface area contributed by atoms with Gasteiger partial charge in [0.15, 0.2) is 0 Å². The van der Waals surface area contributed by atoms with Crippen molar-refractivity contribution in [1.82, 2.24) is 20.0 Å². The van der Waals surface area contributed by atoms with Crippen molar-refractivity contribution in [3.63, 3.8) is 0 Å². The van der Waals surface area contributed by atoms with Gasteiger partial charge in [0.05, 0.1) is 11.3 Å². The van der Waals surface area contributed by atoms with Crippen LogP contribution in [0.15, 0.2) is 0 Å². The average Bonchev–Trinajstić information content (AvgIpc) is 2.72. The molecule has 1 aromatic rings. The molecular weight excluding hydrogens is 320 g/mol. The van der Waals surface area contributed by atoms with Crippen LogP contribution in [0.1, 0.15) is 68.7 Å². The van der Waals surface area contributed by atoms with E-state index >= 15 is 0 Å². The van der Waals surface area contributed by atoms with E-state index < -0.39 is 5.60 Å². The summed E-state index contributed by atoms with van der Waals surface area (Å²) in [6.45, 7) is 13.7. The number of carbonyl (C=O) groups is 2. The molecule has 1 aromatic heterocycles. The average molecular weight is 350 g/mol. The summed E-state index contributed by atoms with van der Waals surface area (Å²) in [6, 6.07) is 0. The van der Waals surface area contributed by atoms with Gasteiger partial charge in [0, 0.05) is 31.9 Å². The highest BCUT2D eigenvalue weighted by Crippen LogP contribution is 2.22. The lowest BCUT2D eigenvalue weighted by Gasteiger charge is -2.26. The van der Waals surface area contributed by atoms with Gasteiger partial charge in [0.2, 0.25) is 0 Å². The summed E-state index contributed by atoms with van der Waals surface area (Å²) in [5.41, 5.74) is 1.75. The number of aryl methyl sites for hydroxylation is 1. The Kier molecular flexibility index (Phi) is 5.75. The summed E-state index contributed by atoms with van der Waals surface area (Å²) in [6.07, 6.45) is 0.419. The number of hydrogen-bond acceptors (Lipinski definition) is 4. The minimum absolute atomic E-state index is 0.0130. The van der Waals surface area contributed by atoms with Gasteiger partial charge in [0.1, 0.15) is 5.60 Å². The molecule has 1 N–H and O–H groups in total. The van der Waals surface area contributed by atoms with Crippen molar-refractivity contribution in [1.29, 1.82) is 0 Å². The van der Waals surface area contributed by atoms with Crippen molar-refractivity contribution >= 4 is 12.0 Å². The topological polar surface area (TPSA) is 78.5 Å². The molecule has 0 atom stereocenters. The number of ether oxygens (including phenoxy) is 1. The van der Waals surface area contributed by atoms with Crippen LogP contribution in [0.2, 0.25) is 0 Å². The Labute approximate surface area is 149 Å². The van der Waals surface area contributed by atoms with Crippen LogP contribution in [-0.2, 0) is 4.74 Å². The predicted octanol–water partition coefficient (Wildman–Crippen LogP) is 2.92. The Morgan fingerprint density at radius 3 is 2.32 bits per heavy atom. The van der Waals surface area contributed by atoms with Crippen molar-refractivity contribution in [2.24, 2.45) is 0 Å². The number of amides is 2. The first-order valence-electron chi connectivity index (χ1n) is 8.92. The first kappa shape index (κ1) is 19.3. The highest BCUT2D eigenvalue weighted by molar-refractivity contribution is 5.96.